The predicted molar refractivity (Wildman–Crippen MR) is 181 cm³/mol. The first-order valence-electron chi connectivity index (χ1n) is 16.6. The van der Waals surface area contributed by atoms with Crippen molar-refractivity contribution in [2.24, 2.45) is 4.99 Å². The minimum atomic E-state index is -0.999. The van der Waals surface area contributed by atoms with Crippen LogP contribution in [0, 0.1) is 23.0 Å². The lowest BCUT2D eigenvalue weighted by Crippen LogP contribution is -2.66. The highest BCUT2D eigenvalue weighted by Gasteiger charge is 2.54. The Morgan fingerprint density at radius 2 is 1.90 bits per heavy atom. The number of aliphatic imine (C=N–C) groups is 1. The van der Waals surface area contributed by atoms with Gasteiger partial charge in [-0.2, -0.15) is 5.26 Å². The number of halogens is 2. The number of nitrogens with zero attached hydrogens (tertiary/aromatic N) is 5. The van der Waals surface area contributed by atoms with Gasteiger partial charge in [0.25, 0.3) is 0 Å². The molecule has 0 bridgehead atoms. The molecule has 1 aromatic heterocycles. The van der Waals surface area contributed by atoms with Crippen molar-refractivity contribution in [1.29, 1.82) is 5.26 Å². The fourth-order valence-corrected chi connectivity index (χ4v) is 7.46. The standard InChI is InChI=1S/C39H33F2N5O4/c40-32-16-24(19-42)7-8-27(32)21-50-37-6-3-5-34(43-37)26-10-9-25(33(41)17-26)18-36-44-35-12-11-30(38(47)48)31-4-1-2-14-39(31,35)46(36)20-28-13-15-45(28)29-22-49-23-29/h1-12,14,16-17,28-29,36H,13,15,18,20-23H2,(H,47,48)/t28?,36-,39?/m1/s1. The van der Waals surface area contributed by atoms with Gasteiger partial charge < -0.3 is 14.6 Å². The Kier molecular flexibility index (Phi) is 8.23. The van der Waals surface area contributed by atoms with E-state index in [9.17, 15) is 14.3 Å². The number of carbonyl (C=O) groups is 1. The second-order valence-corrected chi connectivity index (χ2v) is 13.0. The van der Waals surface area contributed by atoms with Gasteiger partial charge in [0.2, 0.25) is 5.88 Å². The summed E-state index contributed by atoms with van der Waals surface area (Å²) in [7, 11) is 0. The third kappa shape index (κ3) is 5.55. The monoisotopic (exact) mass is 673 g/mol. The van der Waals surface area contributed by atoms with Crippen LogP contribution in [-0.2, 0) is 22.6 Å². The molecule has 2 unspecified atom stereocenters. The summed E-state index contributed by atoms with van der Waals surface area (Å²) in [5.41, 5.74) is 2.82. The van der Waals surface area contributed by atoms with Crippen LogP contribution in [-0.4, -0.2) is 81.7 Å². The van der Waals surface area contributed by atoms with E-state index in [1.165, 1.54) is 18.2 Å². The van der Waals surface area contributed by atoms with E-state index in [0.29, 0.717) is 48.2 Å². The second kappa shape index (κ2) is 12.9. The largest absolute Gasteiger partial charge is 0.478 e. The molecular formula is C39H33F2N5O4. The van der Waals surface area contributed by atoms with Crippen molar-refractivity contribution < 1.29 is 28.2 Å². The number of likely N-dealkylation sites (tertiary alicyclic amines) is 1. The van der Waals surface area contributed by atoms with Crippen LogP contribution in [0.3, 0.4) is 0 Å². The highest BCUT2D eigenvalue weighted by atomic mass is 19.1. The first-order chi connectivity index (χ1) is 24.3. The van der Waals surface area contributed by atoms with Crippen molar-refractivity contribution in [3.63, 3.8) is 0 Å². The molecule has 252 valence electrons. The van der Waals surface area contributed by atoms with Crippen molar-refractivity contribution in [2.45, 2.75) is 43.2 Å². The average Bonchev–Trinajstić information content (AvgIpc) is 3.39. The van der Waals surface area contributed by atoms with Gasteiger partial charge in [0.1, 0.15) is 29.9 Å². The van der Waals surface area contributed by atoms with E-state index >= 15 is 4.39 Å². The maximum atomic E-state index is 16.0. The Bertz CT molecular complexity index is 2080. The number of nitriles is 1. The van der Waals surface area contributed by atoms with E-state index in [1.54, 1.807) is 36.4 Å². The van der Waals surface area contributed by atoms with Crippen LogP contribution in [0.15, 0.2) is 107 Å². The summed E-state index contributed by atoms with van der Waals surface area (Å²) in [5.74, 6) is -1.69. The summed E-state index contributed by atoms with van der Waals surface area (Å²) in [6.45, 7) is 2.97. The molecule has 3 aliphatic heterocycles. The van der Waals surface area contributed by atoms with E-state index in [1.807, 2.05) is 36.4 Å². The third-order valence-electron chi connectivity index (χ3n) is 10.3. The van der Waals surface area contributed by atoms with Crippen molar-refractivity contribution >= 4 is 11.7 Å². The molecule has 11 heteroatoms. The zero-order valence-corrected chi connectivity index (χ0v) is 27.0. The Balaban J connectivity index is 1.05. The molecule has 3 aromatic rings. The van der Waals surface area contributed by atoms with Crippen molar-refractivity contribution in [2.75, 3.05) is 26.3 Å². The molecular weight excluding hydrogens is 640 g/mol. The van der Waals surface area contributed by atoms with Gasteiger partial charge in [0.15, 0.2) is 0 Å². The smallest absolute Gasteiger partial charge is 0.336 e. The number of carboxylic acids is 1. The van der Waals surface area contributed by atoms with Crippen LogP contribution < -0.4 is 4.74 Å². The summed E-state index contributed by atoms with van der Waals surface area (Å²) in [4.78, 5) is 26.7. The van der Waals surface area contributed by atoms with Gasteiger partial charge >= 0.3 is 5.97 Å². The molecule has 2 aliphatic carbocycles. The molecule has 0 radical (unpaired) electrons. The number of ether oxygens (including phenoxy) is 2. The number of aliphatic carboxylic acids is 1. The Labute approximate surface area is 287 Å². The number of aromatic nitrogens is 1. The number of benzene rings is 2. The Morgan fingerprint density at radius 3 is 2.62 bits per heavy atom. The first-order valence-corrected chi connectivity index (χ1v) is 16.6. The summed E-state index contributed by atoms with van der Waals surface area (Å²) in [6, 6.07) is 16.9. The summed E-state index contributed by atoms with van der Waals surface area (Å²) in [5, 5.41) is 19.1. The molecule has 1 spiro atoms. The van der Waals surface area contributed by atoms with E-state index in [-0.39, 0.29) is 41.6 Å². The van der Waals surface area contributed by atoms with Gasteiger partial charge in [0, 0.05) is 42.7 Å². The molecule has 5 aliphatic rings. The van der Waals surface area contributed by atoms with E-state index in [4.69, 9.17) is 19.7 Å². The Hall–Kier alpha value is -5.28. The minimum Gasteiger partial charge on any atom is -0.478 e. The topological polar surface area (TPSA) is 111 Å². The summed E-state index contributed by atoms with van der Waals surface area (Å²) >= 11 is 0. The second-order valence-electron chi connectivity index (χ2n) is 13.0. The summed E-state index contributed by atoms with van der Waals surface area (Å²) in [6.07, 6.45) is 11.9. The highest BCUT2D eigenvalue weighted by molar-refractivity contribution is 6.13. The maximum absolute atomic E-state index is 16.0. The fraction of sp³-hybridized carbons (Fsp3) is 0.282. The lowest BCUT2D eigenvalue weighted by atomic mass is 9.74. The van der Waals surface area contributed by atoms with Crippen LogP contribution in [0.4, 0.5) is 8.78 Å². The minimum absolute atomic E-state index is 0.0821. The molecule has 8 rings (SSSR count). The van der Waals surface area contributed by atoms with Gasteiger partial charge in [0.05, 0.1) is 47.9 Å². The number of rotatable bonds is 10. The van der Waals surface area contributed by atoms with E-state index in [2.05, 4.69) is 14.8 Å². The molecule has 50 heavy (non-hydrogen) atoms. The molecule has 2 saturated heterocycles. The number of carboxylic acid groups (broad SMARTS) is 1. The van der Waals surface area contributed by atoms with Crippen LogP contribution in [0.5, 0.6) is 5.88 Å². The zero-order chi connectivity index (χ0) is 34.4. The number of hydrogen-bond acceptors (Lipinski definition) is 8. The SMILES string of the molecule is N#Cc1ccc(COc2cccc(-c3ccc(C[C@@H]4N=C5C=CC(C(=O)O)=C6C=CC=CC56N4CC4CCN4C4COC4)c(F)c3)n2)c(F)c1. The number of pyridine rings is 1. The summed E-state index contributed by atoms with van der Waals surface area (Å²) < 4.78 is 41.5. The van der Waals surface area contributed by atoms with Crippen molar-refractivity contribution in [1.82, 2.24) is 14.8 Å². The molecule has 0 saturated carbocycles. The fourth-order valence-electron chi connectivity index (χ4n) is 7.46. The van der Waals surface area contributed by atoms with Gasteiger partial charge in [-0.3, -0.25) is 14.8 Å². The lowest BCUT2D eigenvalue weighted by molar-refractivity contribution is -0.132. The van der Waals surface area contributed by atoms with Gasteiger partial charge in [-0.15, -0.1) is 0 Å². The van der Waals surface area contributed by atoms with E-state index in [0.717, 1.165) is 24.7 Å². The van der Waals surface area contributed by atoms with Crippen molar-refractivity contribution in [3.05, 3.63) is 131 Å². The molecule has 2 aromatic carbocycles. The van der Waals surface area contributed by atoms with Crippen LogP contribution in [0.1, 0.15) is 23.1 Å². The van der Waals surface area contributed by atoms with Gasteiger partial charge in [-0.1, -0.05) is 48.6 Å². The molecule has 9 nitrogen and oxygen atoms in total. The first kappa shape index (κ1) is 32.0. The maximum Gasteiger partial charge on any atom is 0.336 e. The molecule has 0 amide bonds. The van der Waals surface area contributed by atoms with Gasteiger partial charge in [-0.25, -0.2) is 18.6 Å². The average molecular weight is 674 g/mol. The zero-order valence-electron chi connectivity index (χ0n) is 27.0. The molecule has 1 N–H and O–H groups in total. The highest BCUT2D eigenvalue weighted by Crippen LogP contribution is 2.45. The van der Waals surface area contributed by atoms with Crippen LogP contribution in [0.2, 0.25) is 0 Å². The van der Waals surface area contributed by atoms with Crippen LogP contribution in [0.25, 0.3) is 11.3 Å². The normalized spacial score (nSPS) is 24.2. The predicted octanol–water partition coefficient (Wildman–Crippen LogP) is 5.39. The quantitative estimate of drug-likeness (QED) is 0.305. The number of hydrogen-bond donors (Lipinski definition) is 1. The number of allylic oxidation sites excluding steroid dienone is 2. The molecule has 2 fully saturated rings. The molecule has 4 heterocycles. The van der Waals surface area contributed by atoms with Crippen molar-refractivity contribution in [3.8, 4) is 23.2 Å². The van der Waals surface area contributed by atoms with Gasteiger partial charge in [-0.05, 0) is 54.0 Å². The van der Waals surface area contributed by atoms with Crippen LogP contribution >= 0.6 is 0 Å². The Morgan fingerprint density at radius 1 is 1.06 bits per heavy atom. The molecule has 3 atom stereocenters. The van der Waals surface area contributed by atoms with E-state index < -0.39 is 29.3 Å². The lowest BCUT2D eigenvalue weighted by Gasteiger charge is -2.52. The third-order valence-corrected chi connectivity index (χ3v) is 10.3.